The van der Waals surface area contributed by atoms with Crippen molar-refractivity contribution in [1.29, 1.82) is 0 Å². The van der Waals surface area contributed by atoms with E-state index in [1.54, 1.807) is 30.3 Å². The second-order valence-electron chi connectivity index (χ2n) is 7.81. The molecule has 2 heterocycles. The maximum atomic E-state index is 13.0. The molecule has 0 saturated carbocycles. The van der Waals surface area contributed by atoms with Crippen LogP contribution in [0.5, 0.6) is 0 Å². The fourth-order valence-electron chi connectivity index (χ4n) is 4.10. The number of likely N-dealkylation sites (tertiary alicyclic amines) is 1. The first-order valence-electron chi connectivity index (χ1n) is 10.5. The van der Waals surface area contributed by atoms with Gasteiger partial charge in [-0.15, -0.1) is 0 Å². The summed E-state index contributed by atoms with van der Waals surface area (Å²) in [5.41, 5.74) is 0.421. The SMILES string of the molecule is O=C1C(=O)N(CCN2CCOCC2)[C@H](c2cccc([N+](=O)[O-])c2)C1=C(O)c1ccc(Cl)cc1. The summed E-state index contributed by atoms with van der Waals surface area (Å²) in [6, 6.07) is 11.0. The first-order valence-corrected chi connectivity index (χ1v) is 10.8. The van der Waals surface area contributed by atoms with Crippen molar-refractivity contribution in [3.8, 4) is 0 Å². The number of ketones is 1. The van der Waals surface area contributed by atoms with Crippen LogP contribution >= 0.6 is 11.6 Å². The Morgan fingerprint density at radius 1 is 1.12 bits per heavy atom. The van der Waals surface area contributed by atoms with Gasteiger partial charge in [0, 0.05) is 48.9 Å². The summed E-state index contributed by atoms with van der Waals surface area (Å²) in [5, 5.41) is 22.8. The fraction of sp³-hybridized carbons (Fsp3) is 0.304. The fourth-order valence-corrected chi connectivity index (χ4v) is 4.23. The van der Waals surface area contributed by atoms with Gasteiger partial charge in [-0.05, 0) is 29.8 Å². The zero-order valence-corrected chi connectivity index (χ0v) is 18.4. The lowest BCUT2D eigenvalue weighted by Gasteiger charge is -2.31. The molecule has 9 nitrogen and oxygen atoms in total. The van der Waals surface area contributed by atoms with Gasteiger partial charge >= 0.3 is 0 Å². The molecule has 0 radical (unpaired) electrons. The van der Waals surface area contributed by atoms with Crippen molar-refractivity contribution < 1.29 is 24.4 Å². The van der Waals surface area contributed by atoms with Crippen molar-refractivity contribution in [3.63, 3.8) is 0 Å². The molecule has 0 bridgehead atoms. The molecule has 0 unspecified atom stereocenters. The van der Waals surface area contributed by atoms with Crippen molar-refractivity contribution in [3.05, 3.63) is 80.4 Å². The van der Waals surface area contributed by atoms with Gasteiger partial charge in [0.1, 0.15) is 5.76 Å². The monoisotopic (exact) mass is 471 g/mol. The van der Waals surface area contributed by atoms with Crippen molar-refractivity contribution in [2.24, 2.45) is 0 Å². The number of Topliss-reactive ketones (excluding diaryl/α,β-unsaturated/α-hetero) is 1. The highest BCUT2D eigenvalue weighted by atomic mass is 35.5. The van der Waals surface area contributed by atoms with E-state index in [4.69, 9.17) is 16.3 Å². The smallest absolute Gasteiger partial charge is 0.295 e. The van der Waals surface area contributed by atoms with Gasteiger partial charge in [-0.2, -0.15) is 0 Å². The van der Waals surface area contributed by atoms with Gasteiger partial charge in [0.25, 0.3) is 17.4 Å². The number of nitro groups is 1. The van der Waals surface area contributed by atoms with Crippen LogP contribution in [-0.4, -0.2) is 70.9 Å². The maximum absolute atomic E-state index is 13.0. The van der Waals surface area contributed by atoms with E-state index >= 15 is 0 Å². The van der Waals surface area contributed by atoms with Crippen LogP contribution in [0.2, 0.25) is 5.02 Å². The predicted molar refractivity (Wildman–Crippen MR) is 121 cm³/mol. The Balaban J connectivity index is 1.77. The minimum atomic E-state index is -0.957. The molecular weight excluding hydrogens is 450 g/mol. The molecule has 33 heavy (non-hydrogen) atoms. The number of hydrogen-bond donors (Lipinski definition) is 1. The maximum Gasteiger partial charge on any atom is 0.295 e. The molecule has 0 aliphatic carbocycles. The predicted octanol–water partition coefficient (Wildman–Crippen LogP) is 3.00. The molecule has 0 aromatic heterocycles. The molecule has 2 aliphatic heterocycles. The molecule has 2 aromatic rings. The number of aliphatic hydroxyl groups is 1. The van der Waals surface area contributed by atoms with Crippen LogP contribution in [-0.2, 0) is 14.3 Å². The molecule has 1 N–H and O–H groups in total. The first-order chi connectivity index (χ1) is 15.9. The zero-order chi connectivity index (χ0) is 23.5. The Kier molecular flexibility index (Phi) is 6.73. The number of halogens is 1. The number of rotatable bonds is 6. The third-order valence-corrected chi connectivity index (χ3v) is 6.07. The van der Waals surface area contributed by atoms with Crippen LogP contribution in [0.1, 0.15) is 17.2 Å². The number of nitrogens with zero attached hydrogens (tertiary/aromatic N) is 3. The quantitative estimate of drug-likeness (QED) is 0.226. The summed E-state index contributed by atoms with van der Waals surface area (Å²) in [5.74, 6) is -1.94. The first kappa shape index (κ1) is 22.9. The Hall–Kier alpha value is -3.27. The number of morpholine rings is 1. The largest absolute Gasteiger partial charge is 0.507 e. The Bertz CT molecular complexity index is 1110. The molecule has 2 fully saturated rings. The molecule has 10 heteroatoms. The van der Waals surface area contributed by atoms with Crippen LogP contribution in [0, 0.1) is 10.1 Å². The Morgan fingerprint density at radius 2 is 1.82 bits per heavy atom. The summed E-state index contributed by atoms with van der Waals surface area (Å²) in [4.78, 5) is 40.4. The van der Waals surface area contributed by atoms with Crippen molar-refractivity contribution in [2.75, 3.05) is 39.4 Å². The standard InChI is InChI=1S/C23H22ClN3O6/c24-17-6-4-15(5-7-17)21(28)19-20(16-2-1-3-18(14-16)27(31)32)26(23(30)22(19)29)9-8-25-10-12-33-13-11-25/h1-7,14,20,28H,8-13H2/t20-/m1/s1. The summed E-state index contributed by atoms with van der Waals surface area (Å²) >= 11 is 5.93. The van der Waals surface area contributed by atoms with Gasteiger partial charge < -0.3 is 14.7 Å². The van der Waals surface area contributed by atoms with E-state index in [1.807, 2.05) is 0 Å². The number of ether oxygens (including phenoxy) is 1. The average Bonchev–Trinajstić information content (AvgIpc) is 3.08. The number of aliphatic hydroxyl groups excluding tert-OH is 1. The highest BCUT2D eigenvalue weighted by molar-refractivity contribution is 6.46. The number of non-ortho nitro benzene ring substituents is 1. The molecule has 1 amide bonds. The zero-order valence-electron chi connectivity index (χ0n) is 17.6. The Morgan fingerprint density at radius 3 is 2.48 bits per heavy atom. The molecule has 2 aliphatic rings. The third kappa shape index (κ3) is 4.75. The van der Waals surface area contributed by atoms with Gasteiger partial charge in [0.15, 0.2) is 0 Å². The van der Waals surface area contributed by atoms with E-state index < -0.39 is 22.7 Å². The number of hydrogen-bond acceptors (Lipinski definition) is 7. The molecule has 172 valence electrons. The molecule has 2 aromatic carbocycles. The number of benzene rings is 2. The van der Waals surface area contributed by atoms with Crippen LogP contribution in [0.25, 0.3) is 5.76 Å². The number of carbonyl (C=O) groups is 2. The van der Waals surface area contributed by atoms with Crippen LogP contribution < -0.4 is 0 Å². The summed E-state index contributed by atoms with van der Waals surface area (Å²) in [7, 11) is 0. The van der Waals surface area contributed by atoms with Crippen molar-refractivity contribution >= 4 is 34.7 Å². The lowest BCUT2D eigenvalue weighted by Crippen LogP contribution is -2.42. The highest BCUT2D eigenvalue weighted by Gasteiger charge is 2.46. The number of carbonyl (C=O) groups excluding carboxylic acids is 2. The van der Waals surface area contributed by atoms with Crippen LogP contribution in [0.3, 0.4) is 0 Å². The van der Waals surface area contributed by atoms with Gasteiger partial charge in [-0.1, -0.05) is 23.7 Å². The average molecular weight is 472 g/mol. The van der Waals surface area contributed by atoms with Gasteiger partial charge in [-0.3, -0.25) is 24.6 Å². The summed E-state index contributed by atoms with van der Waals surface area (Å²) in [6.45, 7) is 3.30. The second-order valence-corrected chi connectivity index (χ2v) is 8.24. The molecule has 4 rings (SSSR count). The minimum absolute atomic E-state index is 0.107. The van der Waals surface area contributed by atoms with E-state index in [0.29, 0.717) is 49.0 Å². The van der Waals surface area contributed by atoms with Gasteiger partial charge in [0.05, 0.1) is 29.8 Å². The topological polar surface area (TPSA) is 113 Å². The molecule has 1 atom stereocenters. The summed E-state index contributed by atoms with van der Waals surface area (Å²) < 4.78 is 5.35. The van der Waals surface area contributed by atoms with E-state index in [1.165, 1.54) is 23.1 Å². The second kappa shape index (κ2) is 9.70. The van der Waals surface area contributed by atoms with Gasteiger partial charge in [0.2, 0.25) is 0 Å². The van der Waals surface area contributed by atoms with E-state index in [-0.39, 0.29) is 23.6 Å². The Labute approximate surface area is 195 Å². The lowest BCUT2D eigenvalue weighted by atomic mass is 9.95. The van der Waals surface area contributed by atoms with Crippen molar-refractivity contribution in [1.82, 2.24) is 9.80 Å². The number of amides is 1. The highest BCUT2D eigenvalue weighted by Crippen LogP contribution is 2.40. The van der Waals surface area contributed by atoms with E-state index in [0.717, 1.165) is 0 Å². The summed E-state index contributed by atoms with van der Waals surface area (Å²) in [6.07, 6.45) is 0. The normalized spacial score (nSPS) is 20.9. The minimum Gasteiger partial charge on any atom is -0.507 e. The van der Waals surface area contributed by atoms with Crippen LogP contribution in [0.15, 0.2) is 54.1 Å². The molecule has 0 spiro atoms. The van der Waals surface area contributed by atoms with Gasteiger partial charge in [-0.25, -0.2) is 0 Å². The van der Waals surface area contributed by atoms with Crippen LogP contribution in [0.4, 0.5) is 5.69 Å². The van der Waals surface area contributed by atoms with E-state index in [2.05, 4.69) is 4.90 Å². The number of nitro benzene ring substituents is 1. The lowest BCUT2D eigenvalue weighted by molar-refractivity contribution is -0.384. The third-order valence-electron chi connectivity index (χ3n) is 5.82. The van der Waals surface area contributed by atoms with Crippen molar-refractivity contribution in [2.45, 2.75) is 6.04 Å². The van der Waals surface area contributed by atoms with E-state index in [9.17, 15) is 24.8 Å². The molecule has 2 saturated heterocycles. The molecular formula is C23H22ClN3O6.